The minimum absolute atomic E-state index is 0.00294. The van der Waals surface area contributed by atoms with Crippen LogP contribution in [0.4, 0.5) is 0 Å². The minimum Gasteiger partial charge on any atom is -0.294 e. The Bertz CT molecular complexity index is 382. The largest absolute Gasteiger partial charge is 0.294 e. The van der Waals surface area contributed by atoms with Gasteiger partial charge in [0, 0.05) is 5.41 Å². The van der Waals surface area contributed by atoms with Crippen molar-refractivity contribution < 1.29 is 4.79 Å². The Balaban J connectivity index is 2.28. The molecule has 1 heteroatoms. The summed E-state index contributed by atoms with van der Waals surface area (Å²) in [5, 5.41) is 0. The lowest BCUT2D eigenvalue weighted by molar-refractivity contribution is -0.115. The molecule has 1 nitrogen and oxygen atoms in total. The average molecular weight is 156 g/mol. The van der Waals surface area contributed by atoms with Gasteiger partial charge in [-0.15, -0.1) is 0 Å². The van der Waals surface area contributed by atoms with Crippen LogP contribution in [0, 0.1) is 11.3 Å². The molecule has 2 unspecified atom stereocenters. The fourth-order valence-electron chi connectivity index (χ4n) is 1.95. The fraction of sp³-hybridized carbons (Fsp3) is 0.182. The van der Waals surface area contributed by atoms with Crippen LogP contribution in [0.3, 0.4) is 0 Å². The average Bonchev–Trinajstić information content (AvgIpc) is 2.25. The molecule has 0 radical (unpaired) electrons. The van der Waals surface area contributed by atoms with E-state index in [0.717, 1.165) is 0 Å². The number of hydrogen-bond acceptors (Lipinski definition) is 1. The van der Waals surface area contributed by atoms with Gasteiger partial charge in [0.1, 0.15) is 0 Å². The second kappa shape index (κ2) is 1.69. The number of fused-ring (bicyclic) bond motifs is 1. The highest BCUT2D eigenvalue weighted by atomic mass is 16.1. The van der Waals surface area contributed by atoms with Crippen LogP contribution in [-0.4, -0.2) is 5.78 Å². The number of ketones is 1. The van der Waals surface area contributed by atoms with Gasteiger partial charge >= 0.3 is 0 Å². The third-order valence-electron chi connectivity index (χ3n) is 2.83. The molecule has 0 aromatic heterocycles. The number of carbonyl (C=O) groups is 1. The lowest BCUT2D eigenvalue weighted by atomic mass is 9.69. The molecule has 2 atom stereocenters. The highest BCUT2D eigenvalue weighted by Gasteiger charge is 2.37. The number of allylic oxidation sites excluding steroid dienone is 8. The highest BCUT2D eigenvalue weighted by molar-refractivity contribution is 5.96. The summed E-state index contributed by atoms with van der Waals surface area (Å²) < 4.78 is 0. The first-order valence-electron chi connectivity index (χ1n) is 4.14. The molecule has 4 rings (SSSR count). The molecule has 0 aromatic rings. The quantitative estimate of drug-likeness (QED) is 0.489. The Hall–Kier alpha value is -1.37. The van der Waals surface area contributed by atoms with Crippen molar-refractivity contribution >= 4 is 5.78 Å². The first-order chi connectivity index (χ1) is 5.80. The maximum atomic E-state index is 11.4. The summed E-state index contributed by atoms with van der Waals surface area (Å²) in [4.78, 5) is 11.4. The van der Waals surface area contributed by atoms with Crippen molar-refractivity contribution in [3.05, 3.63) is 48.1 Å². The molecule has 0 saturated heterocycles. The van der Waals surface area contributed by atoms with E-state index >= 15 is 0 Å². The van der Waals surface area contributed by atoms with Crippen LogP contribution in [0.2, 0.25) is 0 Å². The predicted octanol–water partition coefficient (Wildman–Crippen LogP) is 1.79. The van der Waals surface area contributed by atoms with Crippen molar-refractivity contribution in [2.45, 2.75) is 0 Å². The van der Waals surface area contributed by atoms with Crippen molar-refractivity contribution in [3.8, 4) is 0 Å². The summed E-state index contributed by atoms with van der Waals surface area (Å²) in [6, 6.07) is 0. The maximum absolute atomic E-state index is 11.4. The van der Waals surface area contributed by atoms with Crippen LogP contribution in [0.1, 0.15) is 0 Å². The second-order valence-electron chi connectivity index (χ2n) is 3.51. The standard InChI is InChI=1S/C11H8O/c12-10-3-6-11-4-1-8(10)7-9(11)2-5-11/h1-8H. The van der Waals surface area contributed by atoms with E-state index in [2.05, 4.69) is 24.3 Å². The molecule has 1 spiro atoms. The Morgan fingerprint density at radius 3 is 2.67 bits per heavy atom. The Labute approximate surface area is 70.8 Å². The minimum atomic E-state index is -0.0112. The summed E-state index contributed by atoms with van der Waals surface area (Å²) in [5.74, 6) is 0.198. The monoisotopic (exact) mass is 156 g/mol. The smallest absolute Gasteiger partial charge is 0.166 e. The molecule has 0 fully saturated rings. The van der Waals surface area contributed by atoms with Crippen molar-refractivity contribution in [1.29, 1.82) is 0 Å². The van der Waals surface area contributed by atoms with E-state index in [4.69, 9.17) is 0 Å². The van der Waals surface area contributed by atoms with Crippen molar-refractivity contribution in [2.24, 2.45) is 11.3 Å². The van der Waals surface area contributed by atoms with Crippen molar-refractivity contribution in [1.82, 2.24) is 0 Å². The van der Waals surface area contributed by atoms with Gasteiger partial charge in [0.15, 0.2) is 5.78 Å². The molecular formula is C11H8O. The Kier molecular flexibility index (Phi) is 0.868. The van der Waals surface area contributed by atoms with Crippen LogP contribution in [-0.2, 0) is 4.79 Å². The molecule has 0 aromatic carbocycles. The van der Waals surface area contributed by atoms with Gasteiger partial charge in [0.25, 0.3) is 0 Å². The fourth-order valence-corrected chi connectivity index (χ4v) is 1.95. The SMILES string of the molecule is O=C1C=CC23C=CC2=CC1C=C3. The lowest BCUT2D eigenvalue weighted by Gasteiger charge is -2.34. The van der Waals surface area contributed by atoms with Gasteiger partial charge in [-0.3, -0.25) is 4.79 Å². The molecule has 0 heterocycles. The molecule has 4 aliphatic rings. The normalized spacial score (nSPS) is 40.5. The van der Waals surface area contributed by atoms with E-state index in [1.165, 1.54) is 5.57 Å². The Morgan fingerprint density at radius 2 is 2.00 bits per heavy atom. The molecule has 12 heavy (non-hydrogen) atoms. The highest BCUT2D eigenvalue weighted by Crippen LogP contribution is 2.46. The number of rotatable bonds is 0. The van der Waals surface area contributed by atoms with Crippen LogP contribution in [0.25, 0.3) is 0 Å². The van der Waals surface area contributed by atoms with E-state index in [1.54, 1.807) is 6.08 Å². The predicted molar refractivity (Wildman–Crippen MR) is 46.4 cm³/mol. The van der Waals surface area contributed by atoms with Crippen molar-refractivity contribution in [3.63, 3.8) is 0 Å². The van der Waals surface area contributed by atoms with Gasteiger partial charge in [-0.2, -0.15) is 0 Å². The summed E-state index contributed by atoms with van der Waals surface area (Å²) in [6.07, 6.45) is 14.1. The van der Waals surface area contributed by atoms with Crippen LogP contribution in [0.15, 0.2) is 48.1 Å². The van der Waals surface area contributed by atoms with E-state index < -0.39 is 0 Å². The van der Waals surface area contributed by atoms with Gasteiger partial charge in [-0.25, -0.2) is 0 Å². The van der Waals surface area contributed by atoms with Gasteiger partial charge in [-0.05, 0) is 11.6 Å². The van der Waals surface area contributed by atoms with Gasteiger partial charge in [0.2, 0.25) is 0 Å². The number of hydrogen-bond donors (Lipinski definition) is 0. The molecule has 0 amide bonds. The third-order valence-corrected chi connectivity index (χ3v) is 2.83. The molecule has 0 saturated carbocycles. The molecule has 4 aliphatic carbocycles. The van der Waals surface area contributed by atoms with Gasteiger partial charge < -0.3 is 0 Å². The van der Waals surface area contributed by atoms with Crippen LogP contribution >= 0.6 is 0 Å². The van der Waals surface area contributed by atoms with E-state index in [1.807, 2.05) is 12.2 Å². The first kappa shape index (κ1) is 6.18. The Morgan fingerprint density at radius 1 is 1.17 bits per heavy atom. The summed E-state index contributed by atoms with van der Waals surface area (Å²) in [5.41, 5.74) is 1.26. The topological polar surface area (TPSA) is 17.1 Å². The van der Waals surface area contributed by atoms with Crippen LogP contribution < -0.4 is 0 Å². The summed E-state index contributed by atoms with van der Waals surface area (Å²) in [7, 11) is 0. The van der Waals surface area contributed by atoms with E-state index in [-0.39, 0.29) is 17.1 Å². The second-order valence-corrected chi connectivity index (χ2v) is 3.51. The van der Waals surface area contributed by atoms with Crippen molar-refractivity contribution in [2.75, 3.05) is 0 Å². The molecule has 2 bridgehead atoms. The number of carbonyl (C=O) groups excluding carboxylic acids is 1. The zero-order valence-electron chi connectivity index (χ0n) is 6.53. The van der Waals surface area contributed by atoms with Crippen LogP contribution in [0.5, 0.6) is 0 Å². The summed E-state index contributed by atoms with van der Waals surface area (Å²) >= 11 is 0. The molecule has 0 N–H and O–H groups in total. The molecular weight excluding hydrogens is 148 g/mol. The van der Waals surface area contributed by atoms with E-state index in [0.29, 0.717) is 0 Å². The van der Waals surface area contributed by atoms with Gasteiger partial charge in [-0.1, -0.05) is 36.5 Å². The van der Waals surface area contributed by atoms with Gasteiger partial charge in [0.05, 0.1) is 5.92 Å². The zero-order chi connectivity index (χ0) is 8.18. The summed E-state index contributed by atoms with van der Waals surface area (Å²) in [6.45, 7) is 0. The first-order valence-corrected chi connectivity index (χ1v) is 4.14. The maximum Gasteiger partial charge on any atom is 0.166 e. The van der Waals surface area contributed by atoms with E-state index in [9.17, 15) is 4.79 Å². The third kappa shape index (κ3) is 0.536. The molecule has 58 valence electrons. The zero-order valence-corrected chi connectivity index (χ0v) is 6.53. The lowest BCUT2D eigenvalue weighted by Crippen LogP contribution is -2.23. The molecule has 0 aliphatic heterocycles.